The van der Waals surface area contributed by atoms with Gasteiger partial charge in [0.15, 0.2) is 0 Å². The molecule has 0 spiro atoms. The summed E-state index contributed by atoms with van der Waals surface area (Å²) in [6.45, 7) is 1.14. The lowest BCUT2D eigenvalue weighted by Crippen LogP contribution is -2.47. The second-order valence-corrected chi connectivity index (χ2v) is 11.5. The van der Waals surface area contributed by atoms with Crippen LogP contribution in [0.5, 0.6) is 5.75 Å². The third-order valence-electron chi connectivity index (χ3n) is 7.03. The number of nitrogens with zero attached hydrogens (tertiary/aromatic N) is 1. The maximum absolute atomic E-state index is 13.4. The summed E-state index contributed by atoms with van der Waals surface area (Å²) in [5.41, 5.74) is 2.27. The molecule has 0 radical (unpaired) electrons. The van der Waals surface area contributed by atoms with Crippen molar-refractivity contribution in [3.05, 3.63) is 71.1 Å². The van der Waals surface area contributed by atoms with Gasteiger partial charge in [0.2, 0.25) is 10.0 Å². The summed E-state index contributed by atoms with van der Waals surface area (Å²) in [5.74, 6) is 0.486. The van der Waals surface area contributed by atoms with E-state index in [4.69, 9.17) is 9.15 Å². The molecule has 38 heavy (non-hydrogen) atoms. The van der Waals surface area contributed by atoms with Crippen LogP contribution in [0.25, 0.3) is 33.0 Å². The zero-order valence-corrected chi connectivity index (χ0v) is 21.3. The minimum atomic E-state index is -3.64. The zero-order valence-electron chi connectivity index (χ0n) is 20.5. The molecule has 6 rings (SSSR count). The third-order valence-corrected chi connectivity index (χ3v) is 8.92. The Bertz CT molecular complexity index is 1760. The number of sulfonamides is 1. The van der Waals surface area contributed by atoms with E-state index in [1.165, 1.54) is 4.31 Å². The first-order valence-corrected chi connectivity index (χ1v) is 14.0. The molecule has 1 aliphatic rings. The van der Waals surface area contributed by atoms with Gasteiger partial charge in [-0.05, 0) is 49.2 Å². The normalized spacial score (nSPS) is 16.4. The smallest absolute Gasteiger partial charge is 0.323 e. The predicted octanol–water partition coefficient (Wildman–Crippen LogP) is 2.94. The summed E-state index contributed by atoms with van der Waals surface area (Å²) in [6.07, 6.45) is 0.496. The number of piperidine rings is 1. The topological polar surface area (TPSA) is 141 Å². The molecule has 0 aliphatic carbocycles. The van der Waals surface area contributed by atoms with Crippen molar-refractivity contribution in [3.63, 3.8) is 0 Å². The monoisotopic (exact) mass is 536 g/mol. The van der Waals surface area contributed by atoms with Crippen molar-refractivity contribution in [1.82, 2.24) is 19.6 Å². The van der Waals surface area contributed by atoms with E-state index < -0.39 is 16.1 Å². The minimum Gasteiger partial charge on any atom is -0.489 e. The average molecular weight is 537 g/mol. The number of imidazole rings is 1. The summed E-state index contributed by atoms with van der Waals surface area (Å²) in [6, 6.07) is 18.0. The summed E-state index contributed by atoms with van der Waals surface area (Å²) in [5, 5.41) is 15.4. The van der Waals surface area contributed by atoms with Gasteiger partial charge in [-0.2, -0.15) is 4.31 Å². The van der Waals surface area contributed by atoms with Gasteiger partial charge in [0.05, 0.1) is 10.4 Å². The number of aliphatic hydroxyl groups is 1. The van der Waals surface area contributed by atoms with Crippen LogP contribution in [0, 0.1) is 0 Å². The Balaban J connectivity index is 1.03. The number of benzene rings is 3. The molecule has 5 aromatic rings. The fraction of sp³-hybridized carbons (Fsp3) is 0.296. The number of rotatable bonds is 8. The molecule has 1 aliphatic heterocycles. The molecule has 0 amide bonds. The van der Waals surface area contributed by atoms with E-state index in [0.29, 0.717) is 54.8 Å². The van der Waals surface area contributed by atoms with Gasteiger partial charge in [-0.3, -0.25) is 0 Å². The number of hydrogen-bond donors (Lipinski definition) is 4. The van der Waals surface area contributed by atoms with Gasteiger partial charge in [0.25, 0.3) is 0 Å². The lowest BCUT2D eigenvalue weighted by atomic mass is 10.1. The molecule has 198 valence electrons. The van der Waals surface area contributed by atoms with Crippen LogP contribution in [-0.2, 0) is 10.0 Å². The van der Waals surface area contributed by atoms with Crippen molar-refractivity contribution in [3.8, 4) is 5.75 Å². The Morgan fingerprint density at radius 2 is 1.82 bits per heavy atom. The molecule has 1 atom stereocenters. The Kier molecular flexibility index (Phi) is 6.44. The summed E-state index contributed by atoms with van der Waals surface area (Å²) < 4.78 is 39.8. The van der Waals surface area contributed by atoms with Crippen LogP contribution in [0.3, 0.4) is 0 Å². The molecule has 3 heterocycles. The van der Waals surface area contributed by atoms with E-state index in [1.54, 1.807) is 36.4 Å². The molecule has 10 nitrogen and oxygen atoms in total. The maximum Gasteiger partial charge on any atom is 0.323 e. The average Bonchev–Trinajstić information content (AvgIpc) is 3.50. The fourth-order valence-corrected chi connectivity index (χ4v) is 6.51. The molecule has 2 aromatic heterocycles. The lowest BCUT2D eigenvalue weighted by Gasteiger charge is -2.32. The van der Waals surface area contributed by atoms with Crippen molar-refractivity contribution in [2.75, 3.05) is 26.2 Å². The van der Waals surface area contributed by atoms with Crippen LogP contribution in [0.2, 0.25) is 0 Å². The number of ether oxygens (including phenoxy) is 1. The Morgan fingerprint density at radius 3 is 2.66 bits per heavy atom. The summed E-state index contributed by atoms with van der Waals surface area (Å²) in [4.78, 5) is 17.2. The van der Waals surface area contributed by atoms with Crippen molar-refractivity contribution < 1.29 is 22.7 Å². The van der Waals surface area contributed by atoms with Crippen LogP contribution in [0.4, 0.5) is 0 Å². The Hall–Kier alpha value is -3.64. The number of fused-ring (bicyclic) bond motifs is 4. The van der Waals surface area contributed by atoms with E-state index in [2.05, 4.69) is 15.3 Å². The minimum absolute atomic E-state index is 0.0533. The zero-order chi connectivity index (χ0) is 26.3. The van der Waals surface area contributed by atoms with Crippen molar-refractivity contribution in [2.45, 2.75) is 29.9 Å². The highest BCUT2D eigenvalue weighted by atomic mass is 32.2. The van der Waals surface area contributed by atoms with Gasteiger partial charge in [0.1, 0.15) is 35.1 Å². The van der Waals surface area contributed by atoms with Gasteiger partial charge < -0.3 is 29.5 Å². The van der Waals surface area contributed by atoms with Crippen LogP contribution < -0.4 is 15.7 Å². The summed E-state index contributed by atoms with van der Waals surface area (Å²) in [7, 11) is -3.64. The third kappa shape index (κ3) is 4.69. The molecule has 1 fully saturated rings. The highest BCUT2D eigenvalue weighted by Gasteiger charge is 2.30. The Labute approximate surface area is 218 Å². The molecule has 0 bridgehead atoms. The first-order chi connectivity index (χ1) is 18.4. The van der Waals surface area contributed by atoms with Crippen LogP contribution >= 0.6 is 0 Å². The first-order valence-electron chi connectivity index (χ1n) is 12.6. The second-order valence-electron chi connectivity index (χ2n) is 9.57. The first kappa shape index (κ1) is 24.7. The molecular weight excluding hydrogens is 508 g/mol. The standard InChI is InChI=1S/C27H28N4O6S/c32-18(16-36-25-7-3-5-22-26(25)30-27(33)29-22)15-28-17-10-12-31(13-11-17)38(34,35)19-8-9-24-21(14-19)20-4-1-2-6-23(20)37-24/h1-9,14,17-18,28,32H,10-13,15-16H2,(H2,29,30,33)/t18-/m0/s1. The molecule has 0 unspecified atom stereocenters. The number of aliphatic hydroxyl groups excluding tert-OH is 1. The molecule has 11 heteroatoms. The number of H-pyrrole nitrogens is 2. The number of para-hydroxylation sites is 2. The number of hydrogen-bond acceptors (Lipinski definition) is 7. The van der Waals surface area contributed by atoms with Gasteiger partial charge in [-0.1, -0.05) is 24.3 Å². The van der Waals surface area contributed by atoms with Crippen molar-refractivity contribution in [1.29, 1.82) is 0 Å². The fourth-order valence-electron chi connectivity index (χ4n) is 5.01. The largest absolute Gasteiger partial charge is 0.489 e. The quantitative estimate of drug-likeness (QED) is 0.239. The summed E-state index contributed by atoms with van der Waals surface area (Å²) >= 11 is 0. The lowest BCUT2D eigenvalue weighted by molar-refractivity contribution is 0.101. The van der Waals surface area contributed by atoms with E-state index >= 15 is 0 Å². The van der Waals surface area contributed by atoms with Crippen LogP contribution in [-0.4, -0.2) is 66.2 Å². The van der Waals surface area contributed by atoms with Crippen molar-refractivity contribution in [2.24, 2.45) is 0 Å². The molecule has 0 saturated carbocycles. The van der Waals surface area contributed by atoms with Gasteiger partial charge in [-0.15, -0.1) is 0 Å². The molecule has 1 saturated heterocycles. The van der Waals surface area contributed by atoms with Crippen molar-refractivity contribution >= 4 is 43.0 Å². The second kappa shape index (κ2) is 9.91. The van der Waals surface area contributed by atoms with Gasteiger partial charge in [-0.25, -0.2) is 13.2 Å². The SMILES string of the molecule is O=c1[nH]c2cccc(OC[C@@H](O)CNC3CCN(S(=O)(=O)c4ccc5oc6ccccc6c5c4)CC3)c2[nH]1. The maximum atomic E-state index is 13.4. The van der Waals surface area contributed by atoms with E-state index in [-0.39, 0.29) is 23.2 Å². The highest BCUT2D eigenvalue weighted by Crippen LogP contribution is 2.31. The van der Waals surface area contributed by atoms with E-state index in [1.807, 2.05) is 24.3 Å². The number of aromatic nitrogens is 2. The number of aromatic amines is 2. The van der Waals surface area contributed by atoms with E-state index in [9.17, 15) is 18.3 Å². The van der Waals surface area contributed by atoms with Gasteiger partial charge >= 0.3 is 5.69 Å². The number of furan rings is 1. The van der Waals surface area contributed by atoms with Gasteiger partial charge in [0, 0.05) is 36.4 Å². The van der Waals surface area contributed by atoms with E-state index in [0.717, 1.165) is 16.4 Å². The number of nitrogens with one attached hydrogen (secondary N) is 3. The highest BCUT2D eigenvalue weighted by molar-refractivity contribution is 7.89. The molecular formula is C27H28N4O6S. The predicted molar refractivity (Wildman–Crippen MR) is 144 cm³/mol. The van der Waals surface area contributed by atoms with Crippen LogP contribution in [0.15, 0.2) is 74.8 Å². The van der Waals surface area contributed by atoms with Crippen LogP contribution in [0.1, 0.15) is 12.8 Å². The molecule has 4 N–H and O–H groups in total. The molecule has 3 aromatic carbocycles. The Morgan fingerprint density at radius 1 is 1.03 bits per heavy atom.